The van der Waals surface area contributed by atoms with Crippen molar-refractivity contribution in [2.75, 3.05) is 0 Å². The highest BCUT2D eigenvalue weighted by Crippen LogP contribution is 2.03. The quantitative estimate of drug-likeness (QED) is 0.551. The van der Waals surface area contributed by atoms with Gasteiger partial charge in [-0.25, -0.2) is 4.79 Å². The Morgan fingerprint density at radius 1 is 1.00 bits per heavy atom. The maximum atomic E-state index is 12.1. The fraction of sp³-hybridized carbons (Fsp3) is 0.333. The number of primary amides is 1. The predicted molar refractivity (Wildman–Crippen MR) is 107 cm³/mol. The number of amides is 3. The normalized spacial score (nSPS) is 12.5. The fourth-order valence-corrected chi connectivity index (χ4v) is 2.75. The number of hydrogen-bond donors (Lipinski definition) is 3. The third-order valence-corrected chi connectivity index (χ3v) is 4.13. The molecule has 0 spiro atoms. The Bertz CT molecular complexity index is 824. The van der Waals surface area contributed by atoms with E-state index in [4.69, 9.17) is 10.5 Å². The molecule has 0 aliphatic carbocycles. The zero-order valence-corrected chi connectivity index (χ0v) is 16.6. The lowest BCUT2D eigenvalue weighted by Crippen LogP contribution is -2.41. The maximum Gasteiger partial charge on any atom is 0.412 e. The van der Waals surface area contributed by atoms with E-state index in [1.165, 1.54) is 0 Å². The van der Waals surface area contributed by atoms with Gasteiger partial charge in [-0.2, -0.15) is 4.57 Å². The Balaban J connectivity index is 1.76. The van der Waals surface area contributed by atoms with Crippen LogP contribution in [0.1, 0.15) is 36.2 Å². The number of nitrogens with one attached hydrogen (secondary N) is 2. The Labute approximate surface area is 170 Å². The molecule has 2 atom stereocenters. The molecule has 0 fully saturated rings. The van der Waals surface area contributed by atoms with Crippen molar-refractivity contribution in [2.24, 2.45) is 5.73 Å². The smallest absolute Gasteiger partial charge is 0.388 e. The van der Waals surface area contributed by atoms with E-state index in [0.29, 0.717) is 12.0 Å². The van der Waals surface area contributed by atoms with E-state index in [2.05, 4.69) is 10.6 Å². The van der Waals surface area contributed by atoms with E-state index in [1.54, 1.807) is 36.0 Å². The highest BCUT2D eigenvalue weighted by atomic mass is 16.6. The van der Waals surface area contributed by atoms with Gasteiger partial charge in [0, 0.05) is 30.6 Å². The second kappa shape index (κ2) is 10.8. The number of pyridine rings is 1. The number of ether oxygens (including phenoxy) is 1. The number of benzene rings is 1. The topological polar surface area (TPSA) is 114 Å². The van der Waals surface area contributed by atoms with E-state index in [-0.39, 0.29) is 31.1 Å². The van der Waals surface area contributed by atoms with Gasteiger partial charge in [0.2, 0.25) is 5.91 Å². The largest absolute Gasteiger partial charge is 0.412 e. The van der Waals surface area contributed by atoms with E-state index < -0.39 is 12.0 Å². The van der Waals surface area contributed by atoms with Crippen LogP contribution in [0.3, 0.4) is 0 Å². The zero-order chi connectivity index (χ0) is 21.2. The van der Waals surface area contributed by atoms with Gasteiger partial charge in [-0.15, -0.1) is 0 Å². The summed E-state index contributed by atoms with van der Waals surface area (Å²) in [5, 5.41) is 5.48. The highest BCUT2D eigenvalue weighted by molar-refractivity contribution is 5.94. The van der Waals surface area contributed by atoms with Crippen LogP contribution in [0.5, 0.6) is 0 Å². The van der Waals surface area contributed by atoms with Gasteiger partial charge in [0.1, 0.15) is 0 Å². The van der Waals surface area contributed by atoms with Gasteiger partial charge in [-0.1, -0.05) is 30.3 Å². The first-order valence-electron chi connectivity index (χ1n) is 9.39. The molecule has 8 heteroatoms. The Morgan fingerprint density at radius 3 is 2.28 bits per heavy atom. The molecule has 154 valence electrons. The minimum Gasteiger partial charge on any atom is -0.388 e. The highest BCUT2D eigenvalue weighted by Gasteiger charge is 2.14. The van der Waals surface area contributed by atoms with Crippen LogP contribution in [-0.2, 0) is 22.7 Å². The van der Waals surface area contributed by atoms with Crippen LogP contribution in [0.25, 0.3) is 0 Å². The minimum atomic E-state index is -0.511. The molecule has 2 rings (SSSR count). The lowest BCUT2D eigenvalue weighted by atomic mass is 10.1. The number of alkyl carbamates (subject to hydrolysis) is 1. The molecular weight excluding hydrogens is 372 g/mol. The van der Waals surface area contributed by atoms with Crippen molar-refractivity contribution < 1.29 is 23.7 Å². The molecule has 29 heavy (non-hydrogen) atoms. The van der Waals surface area contributed by atoms with Crippen LogP contribution in [0.4, 0.5) is 4.79 Å². The molecule has 0 aliphatic rings. The third kappa shape index (κ3) is 8.00. The molecule has 3 amide bonds. The van der Waals surface area contributed by atoms with E-state index >= 15 is 0 Å². The van der Waals surface area contributed by atoms with Gasteiger partial charge in [0.25, 0.3) is 12.6 Å². The summed E-state index contributed by atoms with van der Waals surface area (Å²) in [6.45, 7) is 3.63. The molecule has 4 N–H and O–H groups in total. The summed E-state index contributed by atoms with van der Waals surface area (Å²) in [6.07, 6.45) is 3.54. The number of nitrogens with two attached hydrogens (primary N) is 1. The molecule has 1 heterocycles. The van der Waals surface area contributed by atoms with E-state index in [0.717, 1.165) is 5.56 Å². The third-order valence-electron chi connectivity index (χ3n) is 4.13. The number of nitrogens with zero attached hydrogens (tertiary/aromatic N) is 1. The minimum absolute atomic E-state index is 0.0177. The maximum absolute atomic E-state index is 12.1. The fourth-order valence-electron chi connectivity index (χ4n) is 2.75. The van der Waals surface area contributed by atoms with Crippen molar-refractivity contribution in [1.82, 2.24) is 10.6 Å². The summed E-state index contributed by atoms with van der Waals surface area (Å²) in [5.41, 5.74) is 6.68. The molecule has 8 nitrogen and oxygen atoms in total. The second-order valence-electron chi connectivity index (χ2n) is 6.94. The van der Waals surface area contributed by atoms with Crippen molar-refractivity contribution in [3.05, 3.63) is 66.0 Å². The van der Waals surface area contributed by atoms with Gasteiger partial charge < -0.3 is 21.1 Å². The first-order valence-corrected chi connectivity index (χ1v) is 9.39. The number of rotatable bonds is 9. The number of hydrogen-bond acceptors (Lipinski definition) is 4. The van der Waals surface area contributed by atoms with Gasteiger partial charge in [0.05, 0.1) is 5.56 Å². The average Bonchev–Trinajstić information content (AvgIpc) is 2.66. The molecular formula is C21H27N4O4+. The Kier molecular flexibility index (Phi) is 8.14. The standard InChI is InChI=1S/C21H26N4O4/c1-15(12-17-6-4-3-5-7-17)24-21(28)29-14-25-10-8-18(9-11-25)20(27)23-16(2)13-19(22)26/h3-11,15-16H,12-14H2,1-2H3,(H3-,22,23,24,26,27,28)/p+1/t15-,16+/m0/s1. The van der Waals surface area contributed by atoms with Crippen LogP contribution in [-0.4, -0.2) is 30.0 Å². The summed E-state index contributed by atoms with van der Waals surface area (Å²) in [4.78, 5) is 34.9. The predicted octanol–water partition coefficient (Wildman–Crippen LogP) is 1.28. The van der Waals surface area contributed by atoms with Crippen molar-refractivity contribution >= 4 is 17.9 Å². The van der Waals surface area contributed by atoms with E-state index in [9.17, 15) is 14.4 Å². The van der Waals surface area contributed by atoms with Gasteiger partial charge >= 0.3 is 6.09 Å². The lowest BCUT2D eigenvalue weighted by molar-refractivity contribution is -0.727. The average molecular weight is 399 g/mol. The number of carbonyl (C=O) groups is 3. The van der Waals surface area contributed by atoms with Gasteiger partial charge in [-0.05, 0) is 25.8 Å². The van der Waals surface area contributed by atoms with Crippen LogP contribution < -0.4 is 20.9 Å². The first kappa shape index (κ1) is 21.9. The summed E-state index contributed by atoms with van der Waals surface area (Å²) in [7, 11) is 0. The van der Waals surface area contributed by atoms with Crippen LogP contribution in [0.15, 0.2) is 54.9 Å². The van der Waals surface area contributed by atoms with Crippen molar-refractivity contribution in [2.45, 2.75) is 45.5 Å². The SMILES string of the molecule is C[C@H](CC(N)=O)NC(=O)c1cc[n+](COC(=O)N[C@@H](C)Cc2ccccc2)cc1. The molecule has 0 saturated heterocycles. The van der Waals surface area contributed by atoms with Crippen LogP contribution in [0.2, 0.25) is 0 Å². The molecule has 1 aromatic carbocycles. The summed E-state index contributed by atoms with van der Waals surface area (Å²) >= 11 is 0. The molecule has 0 bridgehead atoms. The van der Waals surface area contributed by atoms with Crippen molar-refractivity contribution in [3.63, 3.8) is 0 Å². The van der Waals surface area contributed by atoms with Gasteiger partial charge in [0.15, 0.2) is 12.4 Å². The second-order valence-corrected chi connectivity index (χ2v) is 6.94. The first-order chi connectivity index (χ1) is 13.8. The molecule has 0 saturated carbocycles. The molecule has 1 aromatic heterocycles. The molecule has 2 aromatic rings. The number of aromatic nitrogens is 1. The summed E-state index contributed by atoms with van der Waals surface area (Å²) in [5.74, 6) is -0.781. The molecule has 0 aliphatic heterocycles. The lowest BCUT2D eigenvalue weighted by Gasteiger charge is -2.13. The zero-order valence-electron chi connectivity index (χ0n) is 16.6. The Hall–Kier alpha value is -3.42. The van der Waals surface area contributed by atoms with Crippen LogP contribution in [0, 0.1) is 0 Å². The summed E-state index contributed by atoms with van der Waals surface area (Å²) in [6, 6.07) is 12.7. The summed E-state index contributed by atoms with van der Waals surface area (Å²) < 4.78 is 6.84. The van der Waals surface area contributed by atoms with Crippen molar-refractivity contribution in [3.8, 4) is 0 Å². The van der Waals surface area contributed by atoms with E-state index in [1.807, 2.05) is 37.3 Å². The van der Waals surface area contributed by atoms with Crippen molar-refractivity contribution in [1.29, 1.82) is 0 Å². The molecule has 0 radical (unpaired) electrons. The van der Waals surface area contributed by atoms with Gasteiger partial charge in [-0.3, -0.25) is 9.59 Å². The van der Waals surface area contributed by atoms with Crippen LogP contribution >= 0.6 is 0 Å². The Morgan fingerprint density at radius 2 is 1.66 bits per heavy atom. The monoisotopic (exact) mass is 399 g/mol. The molecule has 0 unspecified atom stereocenters. The number of carbonyl (C=O) groups excluding carboxylic acids is 3.